The van der Waals surface area contributed by atoms with E-state index in [1.54, 1.807) is 6.92 Å². The number of rotatable bonds is 9. The molecule has 0 aliphatic carbocycles. The smallest absolute Gasteiger partial charge is 0.416 e. The molecule has 3 atom stereocenters. The van der Waals surface area contributed by atoms with E-state index in [2.05, 4.69) is 13.5 Å². The largest absolute Gasteiger partial charge is 0.447 e. The number of imide groups is 1. The normalized spacial score (nSPS) is 19.1. The molecule has 0 spiro atoms. The highest BCUT2D eigenvalue weighted by Crippen LogP contribution is 2.24. The number of amides is 2. The van der Waals surface area contributed by atoms with Crippen LogP contribution >= 0.6 is 0 Å². The number of carbonyl (C=O) groups excluding carboxylic acids is 2. The molecule has 142 valence electrons. The SMILES string of the molecule is C=C(CCCCC)[C@@H](O)[C@H](C)C(=O)N1C(=O)OC[C@@H]1Cc1ccccc1. The van der Waals surface area contributed by atoms with Crippen LogP contribution in [0.1, 0.15) is 45.1 Å². The van der Waals surface area contributed by atoms with Crippen molar-refractivity contribution in [3.8, 4) is 0 Å². The fraction of sp³-hybridized carbons (Fsp3) is 0.524. The van der Waals surface area contributed by atoms with Crippen LogP contribution in [0.2, 0.25) is 0 Å². The highest BCUT2D eigenvalue weighted by molar-refractivity contribution is 5.95. The predicted molar refractivity (Wildman–Crippen MR) is 101 cm³/mol. The zero-order valence-corrected chi connectivity index (χ0v) is 15.7. The van der Waals surface area contributed by atoms with Crippen LogP contribution in [0.25, 0.3) is 0 Å². The summed E-state index contributed by atoms with van der Waals surface area (Å²) in [6.07, 6.45) is 2.72. The zero-order chi connectivity index (χ0) is 19.1. The average Bonchev–Trinajstić information content (AvgIpc) is 3.01. The van der Waals surface area contributed by atoms with Gasteiger partial charge in [0.15, 0.2) is 0 Å². The van der Waals surface area contributed by atoms with Crippen molar-refractivity contribution in [1.29, 1.82) is 0 Å². The molecule has 2 amide bonds. The third-order valence-corrected chi connectivity index (χ3v) is 4.90. The lowest BCUT2D eigenvalue weighted by Gasteiger charge is -2.26. The van der Waals surface area contributed by atoms with Gasteiger partial charge < -0.3 is 9.84 Å². The molecule has 0 aromatic heterocycles. The van der Waals surface area contributed by atoms with E-state index in [0.29, 0.717) is 18.4 Å². The molecule has 5 heteroatoms. The van der Waals surface area contributed by atoms with E-state index in [4.69, 9.17) is 4.74 Å². The number of hydrogen-bond donors (Lipinski definition) is 1. The second-order valence-corrected chi connectivity index (χ2v) is 6.98. The van der Waals surface area contributed by atoms with Crippen LogP contribution in [0.15, 0.2) is 42.5 Å². The highest BCUT2D eigenvalue weighted by Gasteiger charge is 2.41. The number of ether oxygens (including phenoxy) is 1. The summed E-state index contributed by atoms with van der Waals surface area (Å²) in [4.78, 5) is 26.1. The van der Waals surface area contributed by atoms with E-state index in [0.717, 1.165) is 24.8 Å². The summed E-state index contributed by atoms with van der Waals surface area (Å²) < 4.78 is 5.10. The van der Waals surface area contributed by atoms with Crippen LogP contribution in [-0.4, -0.2) is 40.8 Å². The summed E-state index contributed by atoms with van der Waals surface area (Å²) in [5, 5.41) is 10.5. The van der Waals surface area contributed by atoms with Gasteiger partial charge in [0.2, 0.25) is 5.91 Å². The Kier molecular flexibility index (Phi) is 7.39. The van der Waals surface area contributed by atoms with Gasteiger partial charge in [0.1, 0.15) is 6.61 Å². The van der Waals surface area contributed by atoms with Crippen molar-refractivity contribution in [2.75, 3.05) is 6.61 Å². The van der Waals surface area contributed by atoms with Crippen LogP contribution in [0.3, 0.4) is 0 Å². The summed E-state index contributed by atoms with van der Waals surface area (Å²) in [6.45, 7) is 7.86. The van der Waals surface area contributed by atoms with E-state index in [1.807, 2.05) is 30.3 Å². The minimum Gasteiger partial charge on any atom is -0.447 e. The summed E-state index contributed by atoms with van der Waals surface area (Å²) >= 11 is 0. The molecule has 0 saturated carbocycles. The summed E-state index contributed by atoms with van der Waals surface area (Å²) in [5.41, 5.74) is 1.68. The maximum Gasteiger partial charge on any atom is 0.416 e. The van der Waals surface area contributed by atoms with Crippen molar-refractivity contribution in [3.63, 3.8) is 0 Å². The van der Waals surface area contributed by atoms with Crippen LogP contribution in [0.5, 0.6) is 0 Å². The van der Waals surface area contributed by atoms with E-state index in [9.17, 15) is 14.7 Å². The Morgan fingerprint density at radius 3 is 2.69 bits per heavy atom. The fourth-order valence-electron chi connectivity index (χ4n) is 3.22. The zero-order valence-electron chi connectivity index (χ0n) is 15.7. The van der Waals surface area contributed by atoms with Gasteiger partial charge in [-0.2, -0.15) is 0 Å². The third-order valence-electron chi connectivity index (χ3n) is 4.90. The first-order valence-corrected chi connectivity index (χ1v) is 9.35. The molecule has 1 N–H and O–H groups in total. The van der Waals surface area contributed by atoms with Gasteiger partial charge in [-0.1, -0.05) is 63.6 Å². The molecule has 26 heavy (non-hydrogen) atoms. The standard InChI is InChI=1S/C21H29NO4/c1-4-5-7-10-15(2)19(23)16(3)20(24)22-18(14-26-21(22)25)13-17-11-8-6-9-12-17/h6,8-9,11-12,16,18-19,23H,2,4-5,7,10,13-14H2,1,3H3/t16-,18-,19+/m0/s1. The number of nitrogens with zero attached hydrogens (tertiary/aromatic N) is 1. The predicted octanol–water partition coefficient (Wildman–Crippen LogP) is 3.71. The summed E-state index contributed by atoms with van der Waals surface area (Å²) in [6, 6.07) is 9.34. The molecular formula is C21H29NO4. The highest BCUT2D eigenvalue weighted by atomic mass is 16.6. The van der Waals surface area contributed by atoms with E-state index in [-0.39, 0.29) is 12.6 Å². The molecule has 0 bridgehead atoms. The maximum atomic E-state index is 12.9. The van der Waals surface area contributed by atoms with E-state index < -0.39 is 24.0 Å². The number of carbonyl (C=O) groups is 2. The number of aliphatic hydroxyl groups is 1. The summed E-state index contributed by atoms with van der Waals surface area (Å²) in [7, 11) is 0. The summed E-state index contributed by atoms with van der Waals surface area (Å²) in [5.74, 6) is -1.13. The van der Waals surface area contributed by atoms with Gasteiger partial charge in [0.25, 0.3) is 0 Å². The Morgan fingerprint density at radius 2 is 2.04 bits per heavy atom. The van der Waals surface area contributed by atoms with Crippen LogP contribution in [0.4, 0.5) is 4.79 Å². The van der Waals surface area contributed by atoms with Crippen molar-refractivity contribution in [2.45, 2.75) is 58.1 Å². The molecule has 1 aliphatic heterocycles. The van der Waals surface area contributed by atoms with Gasteiger partial charge in [-0.15, -0.1) is 0 Å². The van der Waals surface area contributed by atoms with Crippen LogP contribution in [-0.2, 0) is 16.0 Å². The number of hydrogen-bond acceptors (Lipinski definition) is 4. The molecular weight excluding hydrogens is 330 g/mol. The molecule has 2 rings (SSSR count). The number of unbranched alkanes of at least 4 members (excludes halogenated alkanes) is 2. The van der Waals surface area contributed by atoms with Gasteiger partial charge in [0.05, 0.1) is 18.1 Å². The van der Waals surface area contributed by atoms with Crippen LogP contribution in [0, 0.1) is 5.92 Å². The van der Waals surface area contributed by atoms with Crippen molar-refractivity contribution in [1.82, 2.24) is 4.90 Å². The van der Waals surface area contributed by atoms with Crippen LogP contribution < -0.4 is 0 Å². The third kappa shape index (κ3) is 4.94. The molecule has 1 saturated heterocycles. The molecule has 1 aliphatic rings. The second kappa shape index (κ2) is 9.53. The molecule has 0 unspecified atom stereocenters. The van der Waals surface area contributed by atoms with Gasteiger partial charge in [-0.3, -0.25) is 4.79 Å². The van der Waals surface area contributed by atoms with E-state index >= 15 is 0 Å². The first kappa shape index (κ1) is 20.2. The van der Waals surface area contributed by atoms with Gasteiger partial charge in [-0.25, -0.2) is 9.69 Å². The van der Waals surface area contributed by atoms with Crippen molar-refractivity contribution >= 4 is 12.0 Å². The lowest BCUT2D eigenvalue weighted by molar-refractivity contribution is -0.135. The maximum absolute atomic E-state index is 12.9. The minimum atomic E-state index is -0.954. The molecule has 1 aromatic carbocycles. The van der Waals surface area contributed by atoms with E-state index in [1.165, 1.54) is 4.90 Å². The number of cyclic esters (lactones) is 1. The molecule has 5 nitrogen and oxygen atoms in total. The first-order valence-electron chi connectivity index (χ1n) is 9.35. The topological polar surface area (TPSA) is 66.8 Å². The lowest BCUT2D eigenvalue weighted by atomic mass is 9.93. The molecule has 1 aromatic rings. The van der Waals surface area contributed by atoms with Crippen molar-refractivity contribution < 1.29 is 19.4 Å². The van der Waals surface area contributed by atoms with Gasteiger partial charge in [-0.05, 0) is 30.4 Å². The number of benzene rings is 1. The van der Waals surface area contributed by atoms with Gasteiger partial charge >= 0.3 is 6.09 Å². The first-order chi connectivity index (χ1) is 12.5. The Balaban J connectivity index is 2.02. The Morgan fingerprint density at radius 1 is 1.35 bits per heavy atom. The fourth-order valence-corrected chi connectivity index (χ4v) is 3.22. The quantitative estimate of drug-likeness (QED) is 0.539. The van der Waals surface area contributed by atoms with Crippen molar-refractivity contribution in [3.05, 3.63) is 48.0 Å². The number of aliphatic hydroxyl groups excluding tert-OH is 1. The minimum absolute atomic E-state index is 0.180. The Labute approximate surface area is 155 Å². The van der Waals surface area contributed by atoms with Crippen molar-refractivity contribution in [2.24, 2.45) is 5.92 Å². The second-order valence-electron chi connectivity index (χ2n) is 6.98. The lowest BCUT2D eigenvalue weighted by Crippen LogP contribution is -2.46. The average molecular weight is 359 g/mol. The van der Waals surface area contributed by atoms with Gasteiger partial charge in [0, 0.05) is 0 Å². The Hall–Kier alpha value is -2.14. The molecule has 1 fully saturated rings. The Bertz CT molecular complexity index is 628. The molecule has 0 radical (unpaired) electrons. The monoisotopic (exact) mass is 359 g/mol. The molecule has 1 heterocycles.